The van der Waals surface area contributed by atoms with Gasteiger partial charge in [0.2, 0.25) is 23.7 Å². The van der Waals surface area contributed by atoms with Crippen molar-refractivity contribution in [1.82, 2.24) is 35.1 Å². The fourth-order valence-corrected chi connectivity index (χ4v) is 8.52. The Labute approximate surface area is 443 Å². The summed E-state index contributed by atoms with van der Waals surface area (Å²) in [6, 6.07) is 37.4. The van der Waals surface area contributed by atoms with Crippen LogP contribution in [-0.4, -0.2) is 126 Å². The second kappa shape index (κ2) is 27.3. The van der Waals surface area contributed by atoms with E-state index in [0.29, 0.717) is 64.3 Å². The number of carbonyl (C=O) groups excluding carboxylic acids is 1. The summed E-state index contributed by atoms with van der Waals surface area (Å²) < 4.78 is 22.6. The lowest BCUT2D eigenvalue weighted by atomic mass is 10.1. The van der Waals surface area contributed by atoms with Crippen molar-refractivity contribution in [3.8, 4) is 23.3 Å². The standard InChI is InChI=1S/C28H30N6O3.C23H19N3O3.C6H14N2O.CH4/c1-19-16-20(27(35)30-10-11-34-12-14-36-15-13-34)18-21(17-19)32-28-31-9-8-26(33-28)37-25-7-6-24(29)22-4-2-3-5-23(22)25;1-14-11-16(22(27)28)13-17(12-14)25-23-24-10-9-21(26-23)29-20-8-7-15(2)18-5-3-4-6-19(18)20;7-1-2-8-3-5-9-6-4-8;/h2-9,16-18H,10-15,29H2,1H3,(H,30,35)(H,31,32,33);3-13H,1-2H3,(H,27,28)(H,24,25,26);1-7H2;1H4. The first-order valence-corrected chi connectivity index (χ1v) is 24.8. The molecule has 0 atom stereocenters. The van der Waals surface area contributed by atoms with E-state index >= 15 is 0 Å². The van der Waals surface area contributed by atoms with E-state index in [1.54, 1.807) is 42.7 Å². The number of amides is 1. The number of aryl methyl sites for hydroxylation is 3. The number of rotatable bonds is 15. The van der Waals surface area contributed by atoms with Gasteiger partial charge in [-0.05, 0) is 97.4 Å². The average Bonchev–Trinajstić information content (AvgIpc) is 3.42. The number of hydrogen-bond donors (Lipinski definition) is 6. The molecule has 10 rings (SSSR count). The summed E-state index contributed by atoms with van der Waals surface area (Å²) in [6.45, 7) is 16.1. The van der Waals surface area contributed by atoms with Crippen LogP contribution < -0.4 is 36.9 Å². The van der Waals surface area contributed by atoms with Crippen LogP contribution >= 0.6 is 0 Å². The quantitative estimate of drug-likeness (QED) is 0.0524. The number of aromatic nitrogens is 4. The van der Waals surface area contributed by atoms with E-state index in [2.05, 4.69) is 58.7 Å². The molecule has 2 aromatic heterocycles. The lowest BCUT2D eigenvalue weighted by Gasteiger charge is -2.26. The Morgan fingerprint density at radius 1 is 0.618 bits per heavy atom. The van der Waals surface area contributed by atoms with E-state index < -0.39 is 5.97 Å². The van der Waals surface area contributed by atoms with Crippen LogP contribution in [0, 0.1) is 20.8 Å². The number of benzene rings is 6. The molecule has 2 aliphatic heterocycles. The van der Waals surface area contributed by atoms with Crippen molar-refractivity contribution in [2.75, 3.05) is 95.2 Å². The van der Waals surface area contributed by atoms with Crippen molar-refractivity contribution in [1.29, 1.82) is 0 Å². The highest BCUT2D eigenvalue weighted by atomic mass is 16.5. The van der Waals surface area contributed by atoms with Crippen LogP contribution in [0.15, 0.2) is 134 Å². The molecule has 2 fully saturated rings. The van der Waals surface area contributed by atoms with E-state index in [0.717, 1.165) is 105 Å². The van der Waals surface area contributed by atoms with Crippen molar-refractivity contribution < 1.29 is 33.6 Å². The van der Waals surface area contributed by atoms with E-state index in [1.165, 1.54) is 5.56 Å². The van der Waals surface area contributed by atoms with Gasteiger partial charge in [0.1, 0.15) is 11.5 Å². The van der Waals surface area contributed by atoms with Gasteiger partial charge in [0, 0.05) is 116 Å². The average molecular weight is 1030 g/mol. The summed E-state index contributed by atoms with van der Waals surface area (Å²) in [5.74, 6) is 1.72. The number of morpholine rings is 2. The molecule has 18 nitrogen and oxygen atoms in total. The molecule has 76 heavy (non-hydrogen) atoms. The topological polar surface area (TPSA) is 237 Å². The Hall–Kier alpha value is -8.26. The lowest BCUT2D eigenvalue weighted by Crippen LogP contribution is -2.41. The van der Waals surface area contributed by atoms with Gasteiger partial charge in [-0.15, -0.1) is 0 Å². The maximum atomic E-state index is 12.8. The summed E-state index contributed by atoms with van der Waals surface area (Å²) in [5, 5.41) is 22.4. The summed E-state index contributed by atoms with van der Waals surface area (Å²) in [7, 11) is 0. The predicted molar refractivity (Wildman–Crippen MR) is 300 cm³/mol. The van der Waals surface area contributed by atoms with Gasteiger partial charge in [0.05, 0.1) is 32.0 Å². The summed E-state index contributed by atoms with van der Waals surface area (Å²) >= 11 is 0. The minimum absolute atomic E-state index is 0. The molecule has 396 valence electrons. The van der Waals surface area contributed by atoms with Crippen LogP contribution in [0.1, 0.15) is 44.8 Å². The molecule has 4 heterocycles. The van der Waals surface area contributed by atoms with Gasteiger partial charge in [-0.25, -0.2) is 14.8 Å². The lowest BCUT2D eigenvalue weighted by molar-refractivity contribution is 0.0383. The molecule has 0 unspecified atom stereocenters. The largest absolute Gasteiger partial charge is 0.478 e. The fraction of sp³-hybridized carbons (Fsp3) is 0.276. The van der Waals surface area contributed by atoms with Gasteiger partial charge in [-0.2, -0.15) is 9.97 Å². The Morgan fingerprint density at radius 3 is 1.66 bits per heavy atom. The molecule has 8 N–H and O–H groups in total. The van der Waals surface area contributed by atoms with Gasteiger partial charge in [-0.3, -0.25) is 14.6 Å². The monoisotopic (exact) mass is 1030 g/mol. The van der Waals surface area contributed by atoms with E-state index in [1.807, 2.05) is 98.8 Å². The molecule has 0 radical (unpaired) electrons. The molecule has 0 saturated carbocycles. The Balaban J connectivity index is 0.000000191. The molecular formula is C58H67N11O7. The molecule has 6 aromatic carbocycles. The van der Waals surface area contributed by atoms with Crippen LogP contribution in [0.5, 0.6) is 23.3 Å². The van der Waals surface area contributed by atoms with Crippen LogP contribution in [0.25, 0.3) is 21.5 Å². The highest BCUT2D eigenvalue weighted by Gasteiger charge is 2.15. The first-order chi connectivity index (χ1) is 36.5. The van der Waals surface area contributed by atoms with E-state index in [4.69, 9.17) is 30.4 Å². The Bertz CT molecular complexity index is 3220. The summed E-state index contributed by atoms with van der Waals surface area (Å²) in [4.78, 5) is 46.1. The number of nitrogens with zero attached hydrogens (tertiary/aromatic N) is 6. The van der Waals surface area contributed by atoms with Gasteiger partial charge in [0.15, 0.2) is 0 Å². The molecule has 0 aliphatic carbocycles. The number of fused-ring (bicyclic) bond motifs is 2. The Morgan fingerprint density at radius 2 is 1.11 bits per heavy atom. The molecule has 8 aromatic rings. The first kappa shape index (κ1) is 55.5. The number of aromatic carboxylic acids is 1. The van der Waals surface area contributed by atoms with Crippen molar-refractivity contribution >= 4 is 62.4 Å². The smallest absolute Gasteiger partial charge is 0.335 e. The maximum Gasteiger partial charge on any atom is 0.335 e. The fourth-order valence-electron chi connectivity index (χ4n) is 8.52. The number of nitrogen functional groups attached to an aromatic ring is 1. The van der Waals surface area contributed by atoms with Gasteiger partial charge in [0.25, 0.3) is 5.91 Å². The SMILES string of the molecule is C.Cc1cc(Nc2nccc(Oc3ccc(C)c4ccccc34)n2)cc(C(=O)O)c1.Cc1cc(Nc2nccc(Oc3ccc(N)c4ccccc34)n2)cc(C(=O)NCCN2CCOCC2)c1.NCCN1CCOCC1. The number of hydrogen-bond acceptors (Lipinski definition) is 16. The molecule has 2 saturated heterocycles. The number of anilines is 5. The molecule has 18 heteroatoms. The molecular weight excluding hydrogens is 963 g/mol. The van der Waals surface area contributed by atoms with E-state index in [9.17, 15) is 14.7 Å². The Kier molecular flexibility index (Phi) is 20.0. The number of nitrogens with one attached hydrogen (secondary N) is 3. The van der Waals surface area contributed by atoms with Gasteiger partial charge in [-0.1, -0.05) is 62.0 Å². The molecule has 1 amide bonds. The highest BCUT2D eigenvalue weighted by molar-refractivity contribution is 5.97. The van der Waals surface area contributed by atoms with Crippen LogP contribution in [0.4, 0.5) is 29.0 Å². The highest BCUT2D eigenvalue weighted by Crippen LogP contribution is 2.34. The number of carbonyl (C=O) groups is 2. The number of nitrogens with two attached hydrogens (primary N) is 2. The first-order valence-electron chi connectivity index (χ1n) is 24.8. The summed E-state index contributed by atoms with van der Waals surface area (Å²) in [5.41, 5.74) is 17.2. The minimum Gasteiger partial charge on any atom is -0.478 e. The van der Waals surface area contributed by atoms with Crippen molar-refractivity contribution in [3.63, 3.8) is 0 Å². The van der Waals surface area contributed by atoms with Crippen molar-refractivity contribution in [3.05, 3.63) is 162 Å². The van der Waals surface area contributed by atoms with Crippen LogP contribution in [-0.2, 0) is 9.47 Å². The van der Waals surface area contributed by atoms with Crippen LogP contribution in [0.2, 0.25) is 0 Å². The van der Waals surface area contributed by atoms with Crippen molar-refractivity contribution in [2.24, 2.45) is 5.73 Å². The van der Waals surface area contributed by atoms with Gasteiger partial charge >= 0.3 is 5.97 Å². The third-order valence-corrected chi connectivity index (χ3v) is 12.3. The summed E-state index contributed by atoms with van der Waals surface area (Å²) in [6.07, 6.45) is 3.22. The second-order valence-corrected chi connectivity index (χ2v) is 17.9. The number of carboxylic acids is 1. The van der Waals surface area contributed by atoms with Gasteiger partial charge < -0.3 is 51.5 Å². The van der Waals surface area contributed by atoms with Crippen LogP contribution in [0.3, 0.4) is 0 Å². The second-order valence-electron chi connectivity index (χ2n) is 17.9. The molecule has 0 bridgehead atoms. The van der Waals surface area contributed by atoms with Crippen molar-refractivity contribution in [2.45, 2.75) is 28.2 Å². The number of carboxylic acid groups (broad SMARTS) is 1. The third-order valence-electron chi connectivity index (χ3n) is 12.3. The third kappa shape index (κ3) is 15.6. The molecule has 0 spiro atoms. The zero-order chi connectivity index (χ0) is 52.5. The molecule has 2 aliphatic rings. The predicted octanol–water partition coefficient (Wildman–Crippen LogP) is 9.51. The minimum atomic E-state index is -0.985. The maximum absolute atomic E-state index is 12.8. The zero-order valence-electron chi connectivity index (χ0n) is 42.4. The normalized spacial score (nSPS) is 13.5. The van der Waals surface area contributed by atoms with E-state index in [-0.39, 0.29) is 18.9 Å². The number of ether oxygens (including phenoxy) is 4. The zero-order valence-corrected chi connectivity index (χ0v) is 42.4.